The summed E-state index contributed by atoms with van der Waals surface area (Å²) < 4.78 is 5.87. The second kappa shape index (κ2) is 8.57. The summed E-state index contributed by atoms with van der Waals surface area (Å²) in [5.41, 5.74) is 2.73. The van der Waals surface area contributed by atoms with Crippen molar-refractivity contribution in [3.63, 3.8) is 0 Å². The fourth-order valence-corrected chi connectivity index (χ4v) is 4.26. The van der Waals surface area contributed by atoms with Crippen molar-refractivity contribution in [1.82, 2.24) is 9.88 Å². The summed E-state index contributed by atoms with van der Waals surface area (Å²) in [5, 5.41) is 3.18. The zero-order valence-electron chi connectivity index (χ0n) is 18.5. The first-order valence-electron chi connectivity index (χ1n) is 10.9. The van der Waals surface area contributed by atoms with Crippen LogP contribution in [0.4, 0.5) is 17.2 Å². The van der Waals surface area contributed by atoms with E-state index in [2.05, 4.69) is 15.2 Å². The molecule has 1 aromatic carbocycles. The van der Waals surface area contributed by atoms with Crippen LogP contribution in [-0.4, -0.2) is 55.4 Å². The Bertz CT molecular complexity index is 983. The fraction of sp³-hybridized carbons (Fsp3) is 0.458. The number of aromatic nitrogens is 1. The summed E-state index contributed by atoms with van der Waals surface area (Å²) in [6.07, 6.45) is 5.90. The van der Waals surface area contributed by atoms with Crippen LogP contribution in [0.2, 0.25) is 0 Å². The van der Waals surface area contributed by atoms with Crippen LogP contribution in [0.5, 0.6) is 5.75 Å². The summed E-state index contributed by atoms with van der Waals surface area (Å²) >= 11 is 0. The third-order valence-electron chi connectivity index (χ3n) is 6.12. The summed E-state index contributed by atoms with van der Waals surface area (Å²) in [7, 11) is 1.85. The molecule has 2 aliphatic rings. The van der Waals surface area contributed by atoms with Crippen LogP contribution in [0, 0.1) is 0 Å². The van der Waals surface area contributed by atoms with Gasteiger partial charge in [0.2, 0.25) is 0 Å². The molecule has 1 saturated heterocycles. The number of hydrogen-bond donors (Lipinski definition) is 1. The third-order valence-corrected chi connectivity index (χ3v) is 6.12. The van der Waals surface area contributed by atoms with E-state index in [1.807, 2.05) is 50.1 Å². The maximum atomic E-state index is 12.9. The average Bonchev–Trinajstić information content (AvgIpc) is 2.83. The number of ether oxygens (including phenoxy) is 1. The lowest BCUT2D eigenvalue weighted by molar-refractivity contribution is -0.111. The van der Waals surface area contributed by atoms with Crippen LogP contribution in [0.15, 0.2) is 30.5 Å². The van der Waals surface area contributed by atoms with E-state index in [9.17, 15) is 9.59 Å². The zero-order valence-corrected chi connectivity index (χ0v) is 18.5. The number of amides is 1. The van der Waals surface area contributed by atoms with Gasteiger partial charge in [-0.1, -0.05) is 0 Å². The van der Waals surface area contributed by atoms with Crippen LogP contribution in [0.3, 0.4) is 0 Å². The highest BCUT2D eigenvalue weighted by atomic mass is 16.5. The molecule has 0 unspecified atom stereocenters. The van der Waals surface area contributed by atoms with Crippen molar-refractivity contribution in [3.05, 3.63) is 41.6 Å². The largest absolute Gasteiger partial charge is 0.488 e. The second-order valence-corrected chi connectivity index (χ2v) is 8.72. The van der Waals surface area contributed by atoms with E-state index in [1.54, 1.807) is 6.20 Å². The fourth-order valence-electron chi connectivity index (χ4n) is 4.26. The van der Waals surface area contributed by atoms with Crippen molar-refractivity contribution in [2.24, 2.45) is 0 Å². The van der Waals surface area contributed by atoms with Gasteiger partial charge in [0, 0.05) is 43.1 Å². The van der Waals surface area contributed by atoms with Crippen molar-refractivity contribution in [2.45, 2.75) is 38.5 Å². The Morgan fingerprint density at radius 2 is 1.94 bits per heavy atom. The summed E-state index contributed by atoms with van der Waals surface area (Å²) in [5.74, 6) is 1.32. The lowest BCUT2D eigenvalue weighted by Gasteiger charge is -2.32. The van der Waals surface area contributed by atoms with E-state index < -0.39 is 5.41 Å². The standard InChI is InChI=1S/C24H30N4O3/c1-24(2,16-29)19-14-18(7-8-20(19)25-3)28-11-12-31-21-13-17(15-26-22(21)28)23(30)27-9-5-4-6-10-27/h7-8,13-16,25H,4-6,9-12H2,1-3H3. The van der Waals surface area contributed by atoms with Crippen molar-refractivity contribution >= 4 is 29.4 Å². The third kappa shape index (κ3) is 4.09. The number of carbonyl (C=O) groups excluding carboxylic acids is 2. The maximum Gasteiger partial charge on any atom is 0.255 e. The highest BCUT2D eigenvalue weighted by molar-refractivity contribution is 5.95. The van der Waals surface area contributed by atoms with Crippen molar-refractivity contribution < 1.29 is 14.3 Å². The monoisotopic (exact) mass is 422 g/mol. The first kappa shape index (κ1) is 21.2. The van der Waals surface area contributed by atoms with Crippen molar-refractivity contribution in [2.75, 3.05) is 43.5 Å². The smallest absolute Gasteiger partial charge is 0.255 e. The van der Waals surface area contributed by atoms with E-state index in [-0.39, 0.29) is 5.91 Å². The number of carbonyl (C=O) groups is 2. The predicted octanol–water partition coefficient (Wildman–Crippen LogP) is 3.76. The van der Waals surface area contributed by atoms with Crippen molar-refractivity contribution in [1.29, 1.82) is 0 Å². The van der Waals surface area contributed by atoms with Crippen LogP contribution in [0.25, 0.3) is 0 Å². The van der Waals surface area contributed by atoms with Gasteiger partial charge in [-0.3, -0.25) is 4.79 Å². The predicted molar refractivity (Wildman–Crippen MR) is 122 cm³/mol. The normalized spacial score (nSPS) is 16.4. The number of fused-ring (bicyclic) bond motifs is 1. The minimum absolute atomic E-state index is 0.0177. The highest BCUT2D eigenvalue weighted by Gasteiger charge is 2.28. The summed E-state index contributed by atoms with van der Waals surface area (Å²) in [4.78, 5) is 33.2. The van der Waals surface area contributed by atoms with Crippen LogP contribution in [-0.2, 0) is 10.2 Å². The number of benzene rings is 1. The Kier molecular flexibility index (Phi) is 5.85. The minimum Gasteiger partial charge on any atom is -0.488 e. The van der Waals surface area contributed by atoms with Gasteiger partial charge in [-0.25, -0.2) is 4.98 Å². The van der Waals surface area contributed by atoms with Crippen molar-refractivity contribution in [3.8, 4) is 5.75 Å². The first-order chi connectivity index (χ1) is 14.9. The van der Waals surface area contributed by atoms with Gasteiger partial charge in [-0.05, 0) is 62.9 Å². The molecular weight excluding hydrogens is 392 g/mol. The van der Waals surface area contributed by atoms with E-state index >= 15 is 0 Å². The molecule has 0 bridgehead atoms. The van der Waals surface area contributed by atoms with Gasteiger partial charge in [-0.15, -0.1) is 0 Å². The molecule has 0 radical (unpaired) electrons. The lowest BCUT2D eigenvalue weighted by Crippen LogP contribution is -2.36. The molecule has 1 fully saturated rings. The molecule has 7 nitrogen and oxygen atoms in total. The number of rotatable bonds is 5. The quantitative estimate of drug-likeness (QED) is 0.740. The molecule has 0 saturated carbocycles. The molecule has 0 aliphatic carbocycles. The SMILES string of the molecule is CNc1ccc(N2CCOc3cc(C(=O)N4CCCCC4)cnc32)cc1C(C)(C)C=O. The van der Waals surface area contributed by atoms with Gasteiger partial charge < -0.3 is 24.6 Å². The molecule has 3 heterocycles. The second-order valence-electron chi connectivity index (χ2n) is 8.72. The molecule has 4 rings (SSSR count). The Hall–Kier alpha value is -3.09. The highest BCUT2D eigenvalue weighted by Crippen LogP contribution is 2.38. The van der Waals surface area contributed by atoms with Gasteiger partial charge >= 0.3 is 0 Å². The molecule has 1 aromatic heterocycles. The van der Waals surface area contributed by atoms with E-state index in [1.165, 1.54) is 6.42 Å². The number of hydrogen-bond acceptors (Lipinski definition) is 6. The molecule has 0 atom stereocenters. The minimum atomic E-state index is -0.623. The molecule has 1 N–H and O–H groups in total. The van der Waals surface area contributed by atoms with Gasteiger partial charge in [0.25, 0.3) is 5.91 Å². The number of nitrogens with one attached hydrogen (secondary N) is 1. The lowest BCUT2D eigenvalue weighted by atomic mass is 9.84. The molecule has 1 amide bonds. The Labute approximate surface area is 183 Å². The van der Waals surface area contributed by atoms with E-state index in [0.29, 0.717) is 30.3 Å². The van der Waals surface area contributed by atoms with Gasteiger partial charge in [0.15, 0.2) is 11.6 Å². The molecule has 7 heteroatoms. The summed E-state index contributed by atoms with van der Waals surface area (Å²) in [6.45, 7) is 6.55. The number of likely N-dealkylation sites (tertiary alicyclic amines) is 1. The number of aldehydes is 1. The molecular formula is C24H30N4O3. The first-order valence-corrected chi connectivity index (χ1v) is 10.9. The maximum absolute atomic E-state index is 12.9. The number of piperidine rings is 1. The summed E-state index contributed by atoms with van der Waals surface area (Å²) in [6, 6.07) is 7.84. The topological polar surface area (TPSA) is 74.8 Å². The van der Waals surface area contributed by atoms with Gasteiger partial charge in [0.1, 0.15) is 12.9 Å². The molecule has 2 aromatic rings. The average molecular weight is 423 g/mol. The van der Waals surface area contributed by atoms with Crippen LogP contribution < -0.4 is 15.0 Å². The molecule has 31 heavy (non-hydrogen) atoms. The van der Waals surface area contributed by atoms with Crippen LogP contribution in [0.1, 0.15) is 49.0 Å². The number of pyridine rings is 1. The molecule has 2 aliphatic heterocycles. The number of anilines is 3. The van der Waals surface area contributed by atoms with Gasteiger partial charge in [0.05, 0.1) is 12.1 Å². The van der Waals surface area contributed by atoms with Crippen LogP contribution >= 0.6 is 0 Å². The van der Waals surface area contributed by atoms with Gasteiger partial charge in [-0.2, -0.15) is 0 Å². The molecule has 164 valence electrons. The van der Waals surface area contributed by atoms with E-state index in [0.717, 1.165) is 49.2 Å². The van der Waals surface area contributed by atoms with E-state index in [4.69, 9.17) is 4.74 Å². The Morgan fingerprint density at radius 3 is 2.65 bits per heavy atom. The number of nitrogens with zero attached hydrogens (tertiary/aromatic N) is 3. The molecule has 0 spiro atoms. The Balaban J connectivity index is 1.66. The Morgan fingerprint density at radius 1 is 1.16 bits per heavy atom. The zero-order chi connectivity index (χ0) is 22.0.